The molecule has 0 radical (unpaired) electrons. The molecule has 0 aliphatic carbocycles. The number of hydrogen-bond donors (Lipinski definition) is 1. The Labute approximate surface area is 150 Å². The smallest absolute Gasteiger partial charge is 0.422 e. The van der Waals surface area contributed by atoms with E-state index in [1.54, 1.807) is 12.1 Å². The highest BCUT2D eigenvalue weighted by Gasteiger charge is 2.28. The van der Waals surface area contributed by atoms with Crippen molar-refractivity contribution in [2.75, 3.05) is 13.2 Å². The molecular formula is C21H20F3NO. The predicted molar refractivity (Wildman–Crippen MR) is 97.4 cm³/mol. The van der Waals surface area contributed by atoms with Gasteiger partial charge in [-0.05, 0) is 47.0 Å². The molecule has 0 heterocycles. The number of hydrogen-bond acceptors (Lipinski definition) is 2. The molecule has 0 spiro atoms. The van der Waals surface area contributed by atoms with Gasteiger partial charge in [-0.3, -0.25) is 0 Å². The number of alkyl halides is 3. The Kier molecular flexibility index (Phi) is 5.47. The highest BCUT2D eigenvalue weighted by molar-refractivity contribution is 5.86. The number of halogens is 3. The molecule has 0 aromatic heterocycles. The van der Waals surface area contributed by atoms with Crippen LogP contribution in [0.5, 0.6) is 5.75 Å². The molecule has 136 valence electrons. The molecule has 1 unspecified atom stereocenters. The summed E-state index contributed by atoms with van der Waals surface area (Å²) in [4.78, 5) is 0. The summed E-state index contributed by atoms with van der Waals surface area (Å²) in [7, 11) is 0. The second kappa shape index (κ2) is 7.79. The van der Waals surface area contributed by atoms with Crippen LogP contribution in [-0.4, -0.2) is 19.3 Å². The Morgan fingerprint density at radius 2 is 1.65 bits per heavy atom. The summed E-state index contributed by atoms with van der Waals surface area (Å²) in [5, 5.41) is 2.29. The highest BCUT2D eigenvalue weighted by atomic mass is 19.4. The molecule has 2 nitrogen and oxygen atoms in total. The molecule has 3 aromatic rings. The molecule has 1 atom stereocenters. The second-order valence-electron chi connectivity index (χ2n) is 6.26. The van der Waals surface area contributed by atoms with Gasteiger partial charge in [0.25, 0.3) is 0 Å². The van der Waals surface area contributed by atoms with Gasteiger partial charge in [0.05, 0.1) is 0 Å². The summed E-state index contributed by atoms with van der Waals surface area (Å²) >= 11 is 0. The van der Waals surface area contributed by atoms with Gasteiger partial charge >= 0.3 is 6.18 Å². The molecule has 3 rings (SSSR count). The van der Waals surface area contributed by atoms with Gasteiger partial charge in [-0.2, -0.15) is 13.2 Å². The molecule has 0 fully saturated rings. The van der Waals surface area contributed by atoms with E-state index < -0.39 is 12.8 Å². The highest BCUT2D eigenvalue weighted by Crippen LogP contribution is 2.29. The minimum absolute atomic E-state index is 0.0685. The second-order valence-corrected chi connectivity index (χ2v) is 6.26. The van der Waals surface area contributed by atoms with E-state index in [-0.39, 0.29) is 11.7 Å². The van der Waals surface area contributed by atoms with Gasteiger partial charge in [0.2, 0.25) is 0 Å². The van der Waals surface area contributed by atoms with E-state index in [1.807, 2.05) is 24.3 Å². The molecule has 0 saturated heterocycles. The van der Waals surface area contributed by atoms with Gasteiger partial charge in [-0.25, -0.2) is 0 Å². The lowest BCUT2D eigenvalue weighted by Crippen LogP contribution is -2.19. The van der Waals surface area contributed by atoms with Gasteiger partial charge in [0.15, 0.2) is 6.61 Å². The van der Waals surface area contributed by atoms with Crippen molar-refractivity contribution < 1.29 is 17.9 Å². The van der Waals surface area contributed by atoms with Crippen LogP contribution in [0.1, 0.15) is 17.0 Å². The fourth-order valence-electron chi connectivity index (χ4n) is 3.14. The summed E-state index contributed by atoms with van der Waals surface area (Å²) in [6.07, 6.45) is -3.72. The molecule has 0 aliphatic heterocycles. The third-order valence-corrected chi connectivity index (χ3v) is 4.33. The zero-order chi connectivity index (χ0) is 18.6. The number of fused-ring (bicyclic) bond motifs is 1. The van der Waals surface area contributed by atoms with E-state index >= 15 is 0 Å². The van der Waals surface area contributed by atoms with Crippen LogP contribution in [-0.2, 0) is 6.42 Å². The van der Waals surface area contributed by atoms with E-state index in [0.29, 0.717) is 13.0 Å². The summed E-state index contributed by atoms with van der Waals surface area (Å²) in [5.41, 5.74) is 8.06. The number of benzene rings is 3. The minimum Gasteiger partial charge on any atom is -0.484 e. The molecule has 0 bridgehead atoms. The molecule has 3 aromatic carbocycles. The third-order valence-electron chi connectivity index (χ3n) is 4.33. The maximum absolute atomic E-state index is 12.3. The standard InChI is InChI=1S/C21H20F3NO/c22-21(23,24)14-26-18-8-3-5-15(12-18)11-17(13-25)20-10-4-7-16-6-1-2-9-19(16)20/h1-10,12,17H,11,13-14,25H2. The minimum atomic E-state index is -4.35. The van der Waals surface area contributed by atoms with E-state index in [4.69, 9.17) is 10.5 Å². The number of ether oxygens (including phenoxy) is 1. The lowest BCUT2D eigenvalue weighted by molar-refractivity contribution is -0.153. The number of rotatable bonds is 6. The van der Waals surface area contributed by atoms with Gasteiger partial charge in [0.1, 0.15) is 5.75 Å². The quantitative estimate of drug-likeness (QED) is 0.667. The van der Waals surface area contributed by atoms with Crippen molar-refractivity contribution in [2.24, 2.45) is 5.73 Å². The monoisotopic (exact) mass is 359 g/mol. The lowest BCUT2D eigenvalue weighted by atomic mass is 9.88. The fourth-order valence-corrected chi connectivity index (χ4v) is 3.14. The van der Waals surface area contributed by atoms with Crippen molar-refractivity contribution in [1.82, 2.24) is 0 Å². The van der Waals surface area contributed by atoms with E-state index in [2.05, 4.69) is 24.3 Å². The lowest BCUT2D eigenvalue weighted by Gasteiger charge is -2.18. The van der Waals surface area contributed by atoms with E-state index in [1.165, 1.54) is 6.07 Å². The van der Waals surface area contributed by atoms with Crippen molar-refractivity contribution >= 4 is 10.8 Å². The Bertz CT molecular complexity index is 871. The molecule has 0 amide bonds. The van der Waals surface area contributed by atoms with E-state index in [9.17, 15) is 13.2 Å². The number of nitrogens with two attached hydrogens (primary N) is 1. The van der Waals surface area contributed by atoms with Crippen LogP contribution in [0, 0.1) is 0 Å². The first-order valence-electron chi connectivity index (χ1n) is 8.42. The normalized spacial score (nSPS) is 12.9. The molecule has 5 heteroatoms. The summed E-state index contributed by atoms with van der Waals surface area (Å²) in [6.45, 7) is -0.845. The Morgan fingerprint density at radius 3 is 2.42 bits per heavy atom. The fraction of sp³-hybridized carbons (Fsp3) is 0.238. The van der Waals surface area contributed by atoms with Crippen molar-refractivity contribution in [3.63, 3.8) is 0 Å². The summed E-state index contributed by atoms with van der Waals surface area (Å²) in [6, 6.07) is 21.0. The largest absolute Gasteiger partial charge is 0.484 e. The Morgan fingerprint density at radius 1 is 0.923 bits per heavy atom. The molecule has 2 N–H and O–H groups in total. The molecule has 0 saturated carbocycles. The van der Waals surface area contributed by atoms with E-state index in [0.717, 1.165) is 21.9 Å². The Hall–Kier alpha value is -2.53. The van der Waals surface area contributed by atoms with Crippen LogP contribution < -0.4 is 10.5 Å². The first-order chi connectivity index (χ1) is 12.5. The predicted octanol–water partition coefficient (Wildman–Crippen LogP) is 5.07. The van der Waals surface area contributed by atoms with Crippen molar-refractivity contribution in [2.45, 2.75) is 18.5 Å². The van der Waals surface area contributed by atoms with Gasteiger partial charge in [-0.15, -0.1) is 0 Å². The van der Waals surface area contributed by atoms with Crippen LogP contribution in [0.3, 0.4) is 0 Å². The zero-order valence-electron chi connectivity index (χ0n) is 14.2. The van der Waals surface area contributed by atoms with Crippen LogP contribution in [0.25, 0.3) is 10.8 Å². The first-order valence-corrected chi connectivity index (χ1v) is 8.42. The molecule has 0 aliphatic rings. The van der Waals surface area contributed by atoms with Crippen molar-refractivity contribution in [3.05, 3.63) is 77.9 Å². The average molecular weight is 359 g/mol. The average Bonchev–Trinajstić information content (AvgIpc) is 2.64. The topological polar surface area (TPSA) is 35.2 Å². The zero-order valence-corrected chi connectivity index (χ0v) is 14.2. The third kappa shape index (κ3) is 4.55. The maximum Gasteiger partial charge on any atom is 0.422 e. The van der Waals surface area contributed by atoms with Gasteiger partial charge < -0.3 is 10.5 Å². The van der Waals surface area contributed by atoms with Crippen LogP contribution >= 0.6 is 0 Å². The van der Waals surface area contributed by atoms with Crippen LogP contribution in [0.15, 0.2) is 66.7 Å². The van der Waals surface area contributed by atoms with Crippen molar-refractivity contribution in [1.29, 1.82) is 0 Å². The molecular weight excluding hydrogens is 339 g/mol. The summed E-state index contributed by atoms with van der Waals surface area (Å²) < 4.78 is 41.9. The SMILES string of the molecule is NCC(Cc1cccc(OCC(F)(F)F)c1)c1cccc2ccccc12. The van der Waals surface area contributed by atoms with Crippen molar-refractivity contribution in [3.8, 4) is 5.75 Å². The van der Waals surface area contributed by atoms with Crippen LogP contribution in [0.4, 0.5) is 13.2 Å². The van der Waals surface area contributed by atoms with Gasteiger partial charge in [-0.1, -0.05) is 54.6 Å². The van der Waals surface area contributed by atoms with Gasteiger partial charge in [0, 0.05) is 5.92 Å². The van der Waals surface area contributed by atoms with Crippen LogP contribution in [0.2, 0.25) is 0 Å². The first kappa shape index (κ1) is 18.3. The maximum atomic E-state index is 12.3. The summed E-state index contributed by atoms with van der Waals surface area (Å²) in [5.74, 6) is 0.285. The Balaban J connectivity index is 1.82. The molecule has 26 heavy (non-hydrogen) atoms.